The Morgan fingerprint density at radius 2 is 1.60 bits per heavy atom. The first-order chi connectivity index (χ1) is 14.7. The number of hydrogen-bond donors (Lipinski definition) is 2. The van der Waals surface area contributed by atoms with E-state index in [0.29, 0.717) is 13.1 Å². The molecule has 30 heavy (non-hydrogen) atoms. The van der Waals surface area contributed by atoms with Gasteiger partial charge in [-0.2, -0.15) is 0 Å². The lowest BCUT2D eigenvalue weighted by Crippen LogP contribution is -2.48. The third-order valence-electron chi connectivity index (χ3n) is 5.69. The fourth-order valence-corrected chi connectivity index (χ4v) is 4.18. The van der Waals surface area contributed by atoms with E-state index in [-0.39, 0.29) is 5.91 Å². The zero-order chi connectivity index (χ0) is 20.5. The van der Waals surface area contributed by atoms with Crippen molar-refractivity contribution in [2.24, 2.45) is 5.73 Å². The number of fused-ring (bicyclic) bond motifs is 2. The number of para-hydroxylation sites is 4. The molecule has 0 radical (unpaired) electrons. The summed E-state index contributed by atoms with van der Waals surface area (Å²) in [6.45, 7) is 5.20. The van der Waals surface area contributed by atoms with Gasteiger partial charge in [0.05, 0.1) is 41.7 Å². The molecule has 0 bridgehead atoms. The van der Waals surface area contributed by atoms with Crippen LogP contribution in [0.15, 0.2) is 48.5 Å². The van der Waals surface area contributed by atoms with Gasteiger partial charge >= 0.3 is 0 Å². The summed E-state index contributed by atoms with van der Waals surface area (Å²) in [7, 11) is 0. The number of nitrogens with one attached hydrogen (secondary N) is 1. The second-order valence-corrected chi connectivity index (χ2v) is 7.82. The van der Waals surface area contributed by atoms with Gasteiger partial charge in [-0.3, -0.25) is 14.6 Å². The minimum atomic E-state index is -0.268. The Morgan fingerprint density at radius 1 is 0.900 bits per heavy atom. The van der Waals surface area contributed by atoms with Crippen molar-refractivity contribution in [1.29, 1.82) is 0 Å². The Hall–Kier alpha value is -3.23. The predicted octanol–water partition coefficient (Wildman–Crippen LogP) is 1.56. The zero-order valence-electron chi connectivity index (χ0n) is 16.8. The first-order valence-corrected chi connectivity index (χ1v) is 10.3. The maximum absolute atomic E-state index is 11.2. The van der Waals surface area contributed by atoms with Crippen molar-refractivity contribution in [2.75, 3.05) is 32.7 Å². The van der Waals surface area contributed by atoms with E-state index in [1.807, 2.05) is 36.4 Å². The normalized spacial score (nSPS) is 15.9. The molecule has 1 aliphatic heterocycles. The van der Waals surface area contributed by atoms with Crippen LogP contribution in [0, 0.1) is 0 Å². The van der Waals surface area contributed by atoms with Crippen LogP contribution < -0.4 is 5.73 Å². The molecular formula is C22H25N7O. The molecule has 5 rings (SSSR count). The molecule has 3 N–H and O–H groups in total. The number of hydrogen-bond acceptors (Lipinski definition) is 5. The average Bonchev–Trinajstić information content (AvgIpc) is 3.30. The monoisotopic (exact) mass is 403 g/mol. The number of piperazine rings is 1. The zero-order valence-corrected chi connectivity index (χ0v) is 16.8. The lowest BCUT2D eigenvalue weighted by molar-refractivity contribution is -0.119. The summed E-state index contributed by atoms with van der Waals surface area (Å²) in [5, 5.41) is 0. The molecule has 1 saturated heterocycles. The molecule has 0 atom stereocenters. The first kappa shape index (κ1) is 18.8. The molecule has 2 aromatic carbocycles. The van der Waals surface area contributed by atoms with Gasteiger partial charge in [0.15, 0.2) is 0 Å². The van der Waals surface area contributed by atoms with Crippen molar-refractivity contribution in [3.63, 3.8) is 0 Å². The summed E-state index contributed by atoms with van der Waals surface area (Å²) in [5.74, 6) is 1.68. The van der Waals surface area contributed by atoms with Crippen LogP contribution in [0.4, 0.5) is 0 Å². The Labute approximate surface area is 174 Å². The van der Waals surface area contributed by atoms with Gasteiger partial charge in [-0.25, -0.2) is 9.97 Å². The fraction of sp³-hybridized carbons (Fsp3) is 0.318. The van der Waals surface area contributed by atoms with Gasteiger partial charge in [0.25, 0.3) is 0 Å². The number of primary amides is 1. The topological polar surface area (TPSA) is 96.1 Å². The molecule has 8 nitrogen and oxygen atoms in total. The third-order valence-corrected chi connectivity index (χ3v) is 5.69. The summed E-state index contributed by atoms with van der Waals surface area (Å²) in [6, 6.07) is 16.3. The van der Waals surface area contributed by atoms with E-state index in [4.69, 9.17) is 15.7 Å². The number of imidazole rings is 2. The van der Waals surface area contributed by atoms with Crippen LogP contribution in [0.1, 0.15) is 11.6 Å². The van der Waals surface area contributed by atoms with E-state index in [1.165, 1.54) is 0 Å². The van der Waals surface area contributed by atoms with Crippen LogP contribution in [0.25, 0.3) is 22.1 Å². The number of rotatable bonds is 6. The largest absolute Gasteiger partial charge is 0.369 e. The summed E-state index contributed by atoms with van der Waals surface area (Å²) in [6.07, 6.45) is 0. The molecule has 154 valence electrons. The minimum Gasteiger partial charge on any atom is -0.369 e. The van der Waals surface area contributed by atoms with Crippen LogP contribution in [0.3, 0.4) is 0 Å². The molecule has 1 fully saturated rings. The summed E-state index contributed by atoms with van der Waals surface area (Å²) < 4.78 is 2.25. The predicted molar refractivity (Wildman–Crippen MR) is 116 cm³/mol. The Balaban J connectivity index is 1.39. The number of aromatic amines is 1. The van der Waals surface area contributed by atoms with Crippen molar-refractivity contribution >= 4 is 28.0 Å². The van der Waals surface area contributed by atoms with Gasteiger partial charge in [-0.1, -0.05) is 24.3 Å². The molecule has 0 aliphatic carbocycles. The molecule has 8 heteroatoms. The van der Waals surface area contributed by atoms with E-state index in [1.54, 1.807) is 0 Å². The van der Waals surface area contributed by atoms with Crippen LogP contribution in [0.2, 0.25) is 0 Å². The van der Waals surface area contributed by atoms with E-state index < -0.39 is 0 Å². The van der Waals surface area contributed by atoms with E-state index >= 15 is 0 Å². The van der Waals surface area contributed by atoms with Crippen LogP contribution in [-0.4, -0.2) is 67.9 Å². The highest BCUT2D eigenvalue weighted by atomic mass is 16.1. The molecule has 1 amide bonds. The van der Waals surface area contributed by atoms with E-state index in [2.05, 4.69) is 31.5 Å². The quantitative estimate of drug-likeness (QED) is 0.509. The van der Waals surface area contributed by atoms with Crippen LogP contribution in [0.5, 0.6) is 0 Å². The van der Waals surface area contributed by atoms with Gasteiger partial charge < -0.3 is 15.3 Å². The number of nitrogens with zero attached hydrogens (tertiary/aromatic N) is 5. The molecule has 2 aromatic heterocycles. The van der Waals surface area contributed by atoms with Crippen molar-refractivity contribution < 1.29 is 4.79 Å². The fourth-order valence-electron chi connectivity index (χ4n) is 4.18. The number of H-pyrrole nitrogens is 1. The summed E-state index contributed by atoms with van der Waals surface area (Å²) >= 11 is 0. The second-order valence-electron chi connectivity index (χ2n) is 7.82. The van der Waals surface area contributed by atoms with Crippen molar-refractivity contribution in [2.45, 2.75) is 13.1 Å². The van der Waals surface area contributed by atoms with E-state index in [0.717, 1.165) is 66.4 Å². The third kappa shape index (κ3) is 3.79. The highest BCUT2D eigenvalue weighted by molar-refractivity contribution is 5.77. The van der Waals surface area contributed by atoms with Crippen LogP contribution >= 0.6 is 0 Å². The number of amides is 1. The molecule has 4 aromatic rings. The Kier molecular flexibility index (Phi) is 4.94. The van der Waals surface area contributed by atoms with Crippen molar-refractivity contribution in [1.82, 2.24) is 29.3 Å². The van der Waals surface area contributed by atoms with Crippen molar-refractivity contribution in [3.8, 4) is 0 Å². The number of carbonyl (C=O) groups is 1. The molecular weight excluding hydrogens is 378 g/mol. The smallest absolute Gasteiger partial charge is 0.231 e. The first-order valence-electron chi connectivity index (χ1n) is 10.3. The van der Waals surface area contributed by atoms with Crippen molar-refractivity contribution in [3.05, 3.63) is 60.2 Å². The second kappa shape index (κ2) is 7.89. The Morgan fingerprint density at radius 3 is 2.37 bits per heavy atom. The standard InChI is InChI=1S/C22H25N7O/c23-20(30)13-27-9-11-28(12-10-27)15-22-26-18-7-3-4-8-19(18)29(22)14-21-24-16-5-1-2-6-17(16)25-21/h1-8H,9-15H2,(H2,23,30)(H,24,25). The highest BCUT2D eigenvalue weighted by Crippen LogP contribution is 2.20. The van der Waals surface area contributed by atoms with E-state index in [9.17, 15) is 4.79 Å². The molecule has 3 heterocycles. The average molecular weight is 403 g/mol. The lowest BCUT2D eigenvalue weighted by Gasteiger charge is -2.33. The van der Waals surface area contributed by atoms with Gasteiger partial charge in [0, 0.05) is 26.2 Å². The highest BCUT2D eigenvalue weighted by Gasteiger charge is 2.21. The van der Waals surface area contributed by atoms with Gasteiger partial charge in [-0.05, 0) is 24.3 Å². The number of benzene rings is 2. The molecule has 1 aliphatic rings. The number of nitrogens with two attached hydrogens (primary N) is 1. The summed E-state index contributed by atoms with van der Waals surface area (Å²) in [4.78, 5) is 28.8. The van der Waals surface area contributed by atoms with Crippen LogP contribution in [-0.2, 0) is 17.9 Å². The minimum absolute atomic E-state index is 0.268. The molecule has 0 spiro atoms. The van der Waals surface area contributed by atoms with Gasteiger partial charge in [0.2, 0.25) is 5.91 Å². The number of aromatic nitrogens is 4. The molecule has 0 saturated carbocycles. The molecule has 0 unspecified atom stereocenters. The maximum atomic E-state index is 11.2. The van der Waals surface area contributed by atoms with Gasteiger partial charge in [-0.15, -0.1) is 0 Å². The summed E-state index contributed by atoms with van der Waals surface area (Å²) in [5.41, 5.74) is 9.46. The lowest BCUT2D eigenvalue weighted by atomic mass is 10.3. The SMILES string of the molecule is NC(=O)CN1CCN(Cc2nc3ccccc3n2Cc2nc3ccccc3[nH]2)CC1. The van der Waals surface area contributed by atoms with Gasteiger partial charge in [0.1, 0.15) is 11.6 Å². The number of carbonyl (C=O) groups excluding carboxylic acids is 1. The Bertz CT molecular complexity index is 1150. The maximum Gasteiger partial charge on any atom is 0.231 e.